The summed E-state index contributed by atoms with van der Waals surface area (Å²) in [6, 6.07) is 9.99. The maximum atomic E-state index is 12.0. The Morgan fingerprint density at radius 1 is 1.24 bits per heavy atom. The predicted octanol–water partition coefficient (Wildman–Crippen LogP) is 2.80. The van der Waals surface area contributed by atoms with Crippen LogP contribution in [0, 0.1) is 19.8 Å². The van der Waals surface area contributed by atoms with Gasteiger partial charge in [-0.15, -0.1) is 0 Å². The van der Waals surface area contributed by atoms with E-state index in [4.69, 9.17) is 0 Å². The molecule has 21 heavy (non-hydrogen) atoms. The van der Waals surface area contributed by atoms with Gasteiger partial charge in [0.25, 0.3) is 0 Å². The third kappa shape index (κ3) is 3.72. The maximum absolute atomic E-state index is 12.0. The zero-order chi connectivity index (χ0) is 15.4. The van der Waals surface area contributed by atoms with Gasteiger partial charge in [-0.2, -0.15) is 5.10 Å². The molecule has 1 aromatic heterocycles. The molecule has 0 aliphatic rings. The van der Waals surface area contributed by atoms with Crippen molar-refractivity contribution in [2.45, 2.75) is 34.1 Å². The highest BCUT2D eigenvalue weighted by Crippen LogP contribution is 2.18. The Labute approximate surface area is 126 Å². The summed E-state index contributed by atoms with van der Waals surface area (Å²) in [4.78, 5) is 12.0. The van der Waals surface area contributed by atoms with Crippen LogP contribution in [0.15, 0.2) is 30.3 Å². The van der Waals surface area contributed by atoms with Crippen molar-refractivity contribution in [2.24, 2.45) is 5.92 Å². The van der Waals surface area contributed by atoms with E-state index in [1.807, 2.05) is 48.9 Å². The van der Waals surface area contributed by atoms with Crippen LogP contribution in [-0.4, -0.2) is 22.2 Å². The molecule has 0 unspecified atom stereocenters. The van der Waals surface area contributed by atoms with E-state index >= 15 is 0 Å². The van der Waals surface area contributed by atoms with Crippen molar-refractivity contribution >= 4 is 5.91 Å². The molecule has 2 rings (SSSR count). The van der Waals surface area contributed by atoms with Gasteiger partial charge in [0, 0.05) is 17.8 Å². The van der Waals surface area contributed by atoms with E-state index in [9.17, 15) is 4.79 Å². The lowest BCUT2D eigenvalue weighted by molar-refractivity contribution is -0.120. The fraction of sp³-hybridized carbons (Fsp3) is 0.412. The maximum Gasteiger partial charge on any atom is 0.224 e. The molecule has 0 aliphatic carbocycles. The lowest BCUT2D eigenvalue weighted by Gasteiger charge is -2.08. The van der Waals surface area contributed by atoms with Crippen molar-refractivity contribution in [2.75, 3.05) is 6.54 Å². The van der Waals surface area contributed by atoms with Gasteiger partial charge in [-0.05, 0) is 31.9 Å². The Morgan fingerprint density at radius 3 is 2.52 bits per heavy atom. The van der Waals surface area contributed by atoms with E-state index in [1.54, 1.807) is 0 Å². The Morgan fingerprint density at radius 2 is 1.90 bits per heavy atom. The summed E-state index contributed by atoms with van der Waals surface area (Å²) >= 11 is 0. The number of hydrogen-bond acceptors (Lipinski definition) is 2. The fourth-order valence-corrected chi connectivity index (χ4v) is 2.29. The number of hydrogen-bond donors (Lipinski definition) is 1. The zero-order valence-corrected chi connectivity index (χ0v) is 13.2. The van der Waals surface area contributed by atoms with Crippen LogP contribution in [0.1, 0.15) is 30.8 Å². The van der Waals surface area contributed by atoms with Gasteiger partial charge >= 0.3 is 0 Å². The van der Waals surface area contributed by atoms with E-state index in [0.29, 0.717) is 18.9 Å². The second kappa shape index (κ2) is 6.57. The average Bonchev–Trinajstić information content (AvgIpc) is 2.74. The number of aromatic nitrogens is 2. The number of nitrogens with one attached hydrogen (secondary N) is 1. The summed E-state index contributed by atoms with van der Waals surface area (Å²) in [7, 11) is 0. The van der Waals surface area contributed by atoms with Crippen molar-refractivity contribution in [1.29, 1.82) is 0 Å². The summed E-state index contributed by atoms with van der Waals surface area (Å²) in [5.74, 6) is 0.519. The first-order valence-electron chi connectivity index (χ1n) is 7.36. The molecule has 0 atom stereocenters. The predicted molar refractivity (Wildman–Crippen MR) is 84.6 cm³/mol. The molecule has 1 amide bonds. The van der Waals surface area contributed by atoms with Crippen molar-refractivity contribution < 1.29 is 4.79 Å². The standard InChI is InChI=1S/C17H23N3O/c1-12(2)11-18-17(21)10-16-13(3)19-20(14(16)4)15-8-6-5-7-9-15/h5-9,12H,10-11H2,1-4H3,(H,18,21). The van der Waals surface area contributed by atoms with Gasteiger partial charge in [0.2, 0.25) is 5.91 Å². The molecule has 0 fully saturated rings. The summed E-state index contributed by atoms with van der Waals surface area (Å²) in [6.45, 7) is 8.85. The van der Waals surface area contributed by atoms with Crippen LogP contribution in [0.25, 0.3) is 5.69 Å². The third-order valence-corrected chi connectivity index (χ3v) is 3.49. The zero-order valence-electron chi connectivity index (χ0n) is 13.2. The van der Waals surface area contributed by atoms with Gasteiger partial charge in [0.15, 0.2) is 0 Å². The van der Waals surface area contributed by atoms with E-state index in [2.05, 4.69) is 24.3 Å². The number of aryl methyl sites for hydroxylation is 1. The molecule has 112 valence electrons. The third-order valence-electron chi connectivity index (χ3n) is 3.49. The summed E-state index contributed by atoms with van der Waals surface area (Å²) < 4.78 is 1.90. The summed E-state index contributed by atoms with van der Waals surface area (Å²) in [5, 5.41) is 7.52. The van der Waals surface area contributed by atoms with Crippen molar-refractivity contribution in [1.82, 2.24) is 15.1 Å². The Bertz CT molecular complexity index is 614. The molecule has 0 saturated heterocycles. The van der Waals surface area contributed by atoms with Gasteiger partial charge < -0.3 is 5.32 Å². The lowest BCUT2D eigenvalue weighted by Crippen LogP contribution is -2.29. The average molecular weight is 285 g/mol. The highest BCUT2D eigenvalue weighted by atomic mass is 16.1. The number of carbonyl (C=O) groups excluding carboxylic acids is 1. The van der Waals surface area contributed by atoms with Gasteiger partial charge in [-0.1, -0.05) is 32.0 Å². The van der Waals surface area contributed by atoms with E-state index in [1.165, 1.54) is 0 Å². The molecular weight excluding hydrogens is 262 g/mol. The first-order chi connectivity index (χ1) is 9.99. The van der Waals surface area contributed by atoms with Gasteiger partial charge in [-0.3, -0.25) is 4.79 Å². The van der Waals surface area contributed by atoms with Crippen LogP contribution in [0.2, 0.25) is 0 Å². The smallest absolute Gasteiger partial charge is 0.224 e. The largest absolute Gasteiger partial charge is 0.356 e. The van der Waals surface area contributed by atoms with Crippen LogP contribution in [0.4, 0.5) is 0 Å². The molecule has 4 nitrogen and oxygen atoms in total. The lowest BCUT2D eigenvalue weighted by atomic mass is 10.1. The van der Waals surface area contributed by atoms with Crippen LogP contribution in [0.3, 0.4) is 0 Å². The number of carbonyl (C=O) groups is 1. The SMILES string of the molecule is Cc1nn(-c2ccccc2)c(C)c1CC(=O)NCC(C)C. The molecule has 0 bridgehead atoms. The van der Waals surface area contributed by atoms with E-state index in [-0.39, 0.29) is 5.91 Å². The van der Waals surface area contributed by atoms with Crippen LogP contribution in [0.5, 0.6) is 0 Å². The minimum atomic E-state index is 0.0579. The van der Waals surface area contributed by atoms with Crippen LogP contribution >= 0.6 is 0 Å². The van der Waals surface area contributed by atoms with Gasteiger partial charge in [-0.25, -0.2) is 4.68 Å². The number of nitrogens with zero attached hydrogens (tertiary/aromatic N) is 2. The number of para-hydroxylation sites is 1. The molecule has 2 aromatic rings. The highest BCUT2D eigenvalue weighted by molar-refractivity contribution is 5.79. The normalized spacial score (nSPS) is 10.9. The quantitative estimate of drug-likeness (QED) is 0.918. The molecule has 4 heteroatoms. The second-order valence-electron chi connectivity index (χ2n) is 5.77. The Kier molecular flexibility index (Phi) is 4.78. The molecule has 1 N–H and O–H groups in total. The number of rotatable bonds is 5. The van der Waals surface area contributed by atoms with Crippen molar-refractivity contribution in [3.8, 4) is 5.69 Å². The monoisotopic (exact) mass is 285 g/mol. The molecule has 0 saturated carbocycles. The van der Waals surface area contributed by atoms with Gasteiger partial charge in [0.1, 0.15) is 0 Å². The highest BCUT2D eigenvalue weighted by Gasteiger charge is 2.15. The van der Waals surface area contributed by atoms with Crippen molar-refractivity contribution in [3.05, 3.63) is 47.3 Å². The van der Waals surface area contributed by atoms with E-state index in [0.717, 1.165) is 22.6 Å². The fourth-order valence-electron chi connectivity index (χ4n) is 2.29. The minimum Gasteiger partial charge on any atom is -0.356 e. The minimum absolute atomic E-state index is 0.0579. The molecule has 1 aromatic carbocycles. The molecule has 0 spiro atoms. The summed E-state index contributed by atoms with van der Waals surface area (Å²) in [6.07, 6.45) is 0.386. The Balaban J connectivity index is 2.18. The topological polar surface area (TPSA) is 46.9 Å². The van der Waals surface area contributed by atoms with E-state index < -0.39 is 0 Å². The molecule has 0 radical (unpaired) electrons. The number of benzene rings is 1. The first kappa shape index (κ1) is 15.3. The van der Waals surface area contributed by atoms with Crippen molar-refractivity contribution in [3.63, 3.8) is 0 Å². The second-order valence-corrected chi connectivity index (χ2v) is 5.77. The molecule has 0 aliphatic heterocycles. The van der Waals surface area contributed by atoms with Crippen LogP contribution < -0.4 is 5.32 Å². The summed E-state index contributed by atoms with van der Waals surface area (Å²) in [5.41, 5.74) is 3.97. The number of amides is 1. The Hall–Kier alpha value is -2.10. The van der Waals surface area contributed by atoms with Gasteiger partial charge in [0.05, 0.1) is 17.8 Å². The molecule has 1 heterocycles. The van der Waals surface area contributed by atoms with Crippen LogP contribution in [-0.2, 0) is 11.2 Å². The molecular formula is C17H23N3O. The first-order valence-corrected chi connectivity index (χ1v) is 7.36.